The first-order valence-electron chi connectivity index (χ1n) is 4.59. The third kappa shape index (κ3) is 1.99. The highest BCUT2D eigenvalue weighted by Crippen LogP contribution is 2.26. The molecule has 1 aromatic heterocycles. The van der Waals surface area contributed by atoms with Crippen LogP contribution in [0.2, 0.25) is 0 Å². The molecule has 0 saturated heterocycles. The molecule has 16 heavy (non-hydrogen) atoms. The van der Waals surface area contributed by atoms with E-state index < -0.39 is 0 Å². The molecule has 0 spiro atoms. The number of methoxy groups -OCH3 is 1. The Morgan fingerprint density at radius 2 is 2.19 bits per heavy atom. The zero-order chi connectivity index (χ0) is 11.5. The Labute approximate surface area is 101 Å². The van der Waals surface area contributed by atoms with Gasteiger partial charge in [-0.3, -0.25) is 9.36 Å². The number of nitrogens with zero attached hydrogens (tertiary/aromatic N) is 2. The number of rotatable bonds is 2. The van der Waals surface area contributed by atoms with Crippen LogP contribution in [0.4, 0.5) is 0 Å². The maximum atomic E-state index is 11.6. The monoisotopic (exact) mass is 280 g/mol. The van der Waals surface area contributed by atoms with Gasteiger partial charge in [-0.2, -0.15) is 0 Å². The average molecular weight is 281 g/mol. The molecule has 2 aromatic rings. The summed E-state index contributed by atoms with van der Waals surface area (Å²) in [6, 6.07) is 6.81. The van der Waals surface area contributed by atoms with Gasteiger partial charge in [-0.05, 0) is 34.1 Å². The van der Waals surface area contributed by atoms with E-state index in [2.05, 4.69) is 20.9 Å². The molecule has 0 fully saturated rings. The van der Waals surface area contributed by atoms with Gasteiger partial charge in [0.25, 0.3) is 5.56 Å². The summed E-state index contributed by atoms with van der Waals surface area (Å²) >= 11 is 3.37. The molecule has 0 unspecified atom stereocenters. The van der Waals surface area contributed by atoms with Crippen LogP contribution in [-0.2, 0) is 0 Å². The summed E-state index contributed by atoms with van der Waals surface area (Å²) in [5.41, 5.74) is 0.623. The minimum atomic E-state index is -0.118. The lowest BCUT2D eigenvalue weighted by Crippen LogP contribution is -2.16. The van der Waals surface area contributed by atoms with E-state index in [1.165, 1.54) is 23.2 Å². The summed E-state index contributed by atoms with van der Waals surface area (Å²) < 4.78 is 7.37. The fourth-order valence-corrected chi connectivity index (χ4v) is 1.88. The summed E-state index contributed by atoms with van der Waals surface area (Å²) in [5, 5.41) is 0. The quantitative estimate of drug-likeness (QED) is 0.845. The second-order valence-corrected chi connectivity index (χ2v) is 3.96. The van der Waals surface area contributed by atoms with Gasteiger partial charge in [0.15, 0.2) is 0 Å². The van der Waals surface area contributed by atoms with Crippen LogP contribution in [-0.4, -0.2) is 16.7 Å². The minimum Gasteiger partial charge on any atom is -0.496 e. The summed E-state index contributed by atoms with van der Waals surface area (Å²) in [5.74, 6) is 0.723. The molecule has 0 bridgehead atoms. The van der Waals surface area contributed by atoms with Gasteiger partial charge >= 0.3 is 0 Å². The van der Waals surface area contributed by atoms with Crippen molar-refractivity contribution in [2.75, 3.05) is 7.11 Å². The molecule has 0 N–H and O–H groups in total. The van der Waals surface area contributed by atoms with Crippen LogP contribution in [0.3, 0.4) is 0 Å². The van der Waals surface area contributed by atoms with E-state index in [4.69, 9.17) is 4.74 Å². The van der Waals surface area contributed by atoms with Gasteiger partial charge < -0.3 is 4.74 Å². The number of hydrogen-bond donors (Lipinski definition) is 0. The van der Waals surface area contributed by atoms with Crippen molar-refractivity contribution in [3.63, 3.8) is 0 Å². The van der Waals surface area contributed by atoms with Crippen molar-refractivity contribution in [3.05, 3.63) is 51.6 Å². The van der Waals surface area contributed by atoms with Crippen LogP contribution >= 0.6 is 15.9 Å². The molecule has 0 aliphatic carbocycles. The SMILES string of the molecule is COc1ccc(-n2cnccc2=O)cc1Br. The maximum absolute atomic E-state index is 11.6. The Hall–Kier alpha value is -1.62. The van der Waals surface area contributed by atoms with Crippen molar-refractivity contribution in [2.24, 2.45) is 0 Å². The van der Waals surface area contributed by atoms with E-state index in [1.807, 2.05) is 6.07 Å². The van der Waals surface area contributed by atoms with Crippen LogP contribution in [0.1, 0.15) is 0 Å². The first kappa shape index (κ1) is 10.9. The van der Waals surface area contributed by atoms with Crippen LogP contribution in [0.25, 0.3) is 5.69 Å². The fraction of sp³-hybridized carbons (Fsp3) is 0.0909. The standard InChI is InChI=1S/C11H9BrN2O2/c1-16-10-3-2-8(6-9(10)12)14-7-13-5-4-11(14)15/h2-7H,1H3. The van der Waals surface area contributed by atoms with E-state index in [0.29, 0.717) is 0 Å². The van der Waals surface area contributed by atoms with Crippen molar-refractivity contribution >= 4 is 15.9 Å². The Balaban J connectivity index is 2.54. The number of hydrogen-bond acceptors (Lipinski definition) is 3. The minimum absolute atomic E-state index is 0.118. The van der Waals surface area contributed by atoms with E-state index in [0.717, 1.165) is 15.9 Å². The van der Waals surface area contributed by atoms with Gasteiger partial charge in [0, 0.05) is 12.3 Å². The van der Waals surface area contributed by atoms with Gasteiger partial charge in [-0.1, -0.05) is 0 Å². The Morgan fingerprint density at radius 1 is 1.38 bits per heavy atom. The zero-order valence-corrected chi connectivity index (χ0v) is 10.1. The van der Waals surface area contributed by atoms with Gasteiger partial charge in [0.05, 0.1) is 17.3 Å². The smallest absolute Gasteiger partial charge is 0.257 e. The van der Waals surface area contributed by atoms with Crippen LogP contribution < -0.4 is 10.3 Å². The molecule has 5 heteroatoms. The Morgan fingerprint density at radius 3 is 2.81 bits per heavy atom. The molecule has 0 amide bonds. The van der Waals surface area contributed by atoms with E-state index in [9.17, 15) is 4.79 Å². The topological polar surface area (TPSA) is 44.1 Å². The van der Waals surface area contributed by atoms with Crippen LogP contribution in [0.15, 0.2) is 46.1 Å². The first-order valence-corrected chi connectivity index (χ1v) is 5.38. The Kier molecular flexibility index (Phi) is 3.05. The predicted octanol–water partition coefficient (Wildman–Crippen LogP) is 2.00. The predicted molar refractivity (Wildman–Crippen MR) is 64.1 cm³/mol. The number of benzene rings is 1. The van der Waals surface area contributed by atoms with Crippen molar-refractivity contribution < 1.29 is 4.74 Å². The maximum Gasteiger partial charge on any atom is 0.257 e. The molecule has 0 atom stereocenters. The summed E-state index contributed by atoms with van der Waals surface area (Å²) in [4.78, 5) is 15.5. The highest BCUT2D eigenvalue weighted by molar-refractivity contribution is 9.10. The average Bonchev–Trinajstić information content (AvgIpc) is 2.29. The summed E-state index contributed by atoms with van der Waals surface area (Å²) in [7, 11) is 1.59. The van der Waals surface area contributed by atoms with Crippen molar-refractivity contribution in [1.29, 1.82) is 0 Å². The summed E-state index contributed by atoms with van der Waals surface area (Å²) in [6.45, 7) is 0. The van der Waals surface area contributed by atoms with Gasteiger partial charge in [-0.25, -0.2) is 4.98 Å². The van der Waals surface area contributed by atoms with Crippen LogP contribution in [0.5, 0.6) is 5.75 Å². The van der Waals surface area contributed by atoms with Crippen molar-refractivity contribution in [3.8, 4) is 11.4 Å². The largest absolute Gasteiger partial charge is 0.496 e. The molecular weight excluding hydrogens is 272 g/mol. The zero-order valence-electron chi connectivity index (χ0n) is 8.55. The van der Waals surface area contributed by atoms with E-state index in [1.54, 1.807) is 19.2 Å². The molecule has 0 aliphatic heterocycles. The molecule has 0 saturated carbocycles. The third-order valence-electron chi connectivity index (χ3n) is 2.14. The fourth-order valence-electron chi connectivity index (χ4n) is 1.35. The molecule has 0 radical (unpaired) electrons. The lowest BCUT2D eigenvalue weighted by atomic mass is 10.3. The molecular formula is C11H9BrN2O2. The number of aromatic nitrogens is 2. The van der Waals surface area contributed by atoms with Crippen molar-refractivity contribution in [1.82, 2.24) is 9.55 Å². The lowest BCUT2D eigenvalue weighted by molar-refractivity contribution is 0.412. The molecule has 1 aromatic carbocycles. The lowest BCUT2D eigenvalue weighted by Gasteiger charge is -2.07. The molecule has 0 aliphatic rings. The molecule has 82 valence electrons. The highest BCUT2D eigenvalue weighted by atomic mass is 79.9. The van der Waals surface area contributed by atoms with Gasteiger partial charge in [0.1, 0.15) is 12.1 Å². The third-order valence-corrected chi connectivity index (χ3v) is 2.76. The van der Waals surface area contributed by atoms with Gasteiger partial charge in [0.2, 0.25) is 0 Å². The van der Waals surface area contributed by atoms with Crippen molar-refractivity contribution in [2.45, 2.75) is 0 Å². The summed E-state index contributed by atoms with van der Waals surface area (Å²) in [6.07, 6.45) is 2.95. The van der Waals surface area contributed by atoms with E-state index >= 15 is 0 Å². The Bertz CT molecular complexity index is 566. The molecule has 2 rings (SSSR count). The normalized spacial score (nSPS) is 10.1. The van der Waals surface area contributed by atoms with Gasteiger partial charge in [-0.15, -0.1) is 0 Å². The number of ether oxygens (including phenoxy) is 1. The first-order chi connectivity index (χ1) is 7.72. The highest BCUT2D eigenvalue weighted by Gasteiger charge is 2.03. The second kappa shape index (κ2) is 4.49. The van der Waals surface area contributed by atoms with Crippen LogP contribution in [0, 0.1) is 0 Å². The van der Waals surface area contributed by atoms with E-state index in [-0.39, 0.29) is 5.56 Å². The number of halogens is 1. The second-order valence-electron chi connectivity index (χ2n) is 3.11. The molecule has 1 heterocycles. The molecule has 4 nitrogen and oxygen atoms in total.